The largest absolute Gasteiger partial charge is 0.481 e. The number of fused-ring (bicyclic) bond motifs is 1. The Morgan fingerprint density at radius 3 is 2.39 bits per heavy atom. The van der Waals surface area contributed by atoms with Gasteiger partial charge in [-0.1, -0.05) is 109 Å². The zero-order valence-electron chi connectivity index (χ0n) is 28.2. The predicted octanol–water partition coefficient (Wildman–Crippen LogP) is 10.1. The number of nitrogens with two attached hydrogens (primary N) is 1. The number of carboxylic acids is 1. The van der Waals surface area contributed by atoms with Gasteiger partial charge in [-0.25, -0.2) is 4.98 Å². The van der Waals surface area contributed by atoms with Gasteiger partial charge in [-0.3, -0.25) is 4.79 Å². The number of rotatable bonds is 13. The summed E-state index contributed by atoms with van der Waals surface area (Å²) in [5.74, 6) is 0.122. The molecular formula is C42H45ClN2O3S. The second-order valence-corrected chi connectivity index (χ2v) is 15.0. The lowest BCUT2D eigenvalue weighted by molar-refractivity contribution is -0.138. The van der Waals surface area contributed by atoms with Crippen LogP contribution >= 0.6 is 23.4 Å². The van der Waals surface area contributed by atoms with Gasteiger partial charge in [-0.15, -0.1) is 0 Å². The summed E-state index contributed by atoms with van der Waals surface area (Å²) >= 11 is 8.04. The number of carbonyl (C=O) groups is 1. The van der Waals surface area contributed by atoms with E-state index in [4.69, 9.17) is 22.3 Å². The van der Waals surface area contributed by atoms with E-state index in [1.807, 2.05) is 104 Å². The zero-order valence-corrected chi connectivity index (χ0v) is 29.8. The average molecular weight is 693 g/mol. The molecule has 0 amide bonds. The van der Waals surface area contributed by atoms with Crippen LogP contribution in [0.5, 0.6) is 0 Å². The Balaban J connectivity index is 0.000000514. The van der Waals surface area contributed by atoms with Crippen LogP contribution in [-0.4, -0.2) is 26.9 Å². The van der Waals surface area contributed by atoms with Crippen LogP contribution in [0.3, 0.4) is 0 Å². The van der Waals surface area contributed by atoms with E-state index in [1.54, 1.807) is 0 Å². The fourth-order valence-corrected chi connectivity index (χ4v) is 7.71. The molecule has 1 aliphatic carbocycles. The van der Waals surface area contributed by atoms with E-state index in [2.05, 4.69) is 42.5 Å². The maximum Gasteiger partial charge on any atom is 0.303 e. The second kappa shape index (κ2) is 16.6. The predicted molar refractivity (Wildman–Crippen MR) is 206 cm³/mol. The van der Waals surface area contributed by atoms with Crippen molar-refractivity contribution in [3.05, 3.63) is 148 Å². The number of aryl methyl sites for hydroxylation is 1. The molecule has 1 saturated carbocycles. The molecule has 0 saturated heterocycles. The number of hydrogen-bond acceptors (Lipinski definition) is 5. The summed E-state index contributed by atoms with van der Waals surface area (Å²) in [6.07, 6.45) is 8.02. The monoisotopic (exact) mass is 692 g/mol. The minimum absolute atomic E-state index is 0.0814. The number of carboxylic acid groups (broad SMARTS) is 1. The number of aromatic nitrogens is 1. The third kappa shape index (κ3) is 10.8. The smallest absolute Gasteiger partial charge is 0.303 e. The van der Waals surface area contributed by atoms with Gasteiger partial charge in [-0.05, 0) is 97.0 Å². The lowest BCUT2D eigenvalue weighted by Gasteiger charge is -2.24. The van der Waals surface area contributed by atoms with Gasteiger partial charge in [0.1, 0.15) is 0 Å². The third-order valence-corrected chi connectivity index (χ3v) is 10.8. The Hall–Kier alpha value is -3.94. The number of aliphatic hydroxyl groups is 1. The van der Waals surface area contributed by atoms with Gasteiger partial charge in [0, 0.05) is 28.0 Å². The molecule has 1 heterocycles. The lowest BCUT2D eigenvalue weighted by atomic mass is 9.90. The number of halogens is 1. The summed E-state index contributed by atoms with van der Waals surface area (Å²) in [4.78, 5) is 16.2. The Kier molecular flexibility index (Phi) is 12.3. The molecule has 0 radical (unpaired) electrons. The molecule has 49 heavy (non-hydrogen) atoms. The van der Waals surface area contributed by atoms with Crippen molar-refractivity contribution in [2.24, 2.45) is 11.1 Å². The number of pyridine rings is 1. The SMILES string of the molecule is CC(C)(O)c1ccccc1CC[C@@H](SCC1(CC(=O)O)CC1)c1cccc(/C=C/c2ccc3ccc(Cl)cc3n2)c1.NCc1ccccc1. The van der Waals surface area contributed by atoms with Gasteiger partial charge in [0.25, 0.3) is 0 Å². The zero-order chi connectivity index (χ0) is 34.9. The highest BCUT2D eigenvalue weighted by molar-refractivity contribution is 7.99. The van der Waals surface area contributed by atoms with Crippen LogP contribution in [-0.2, 0) is 23.4 Å². The van der Waals surface area contributed by atoms with Gasteiger partial charge in [0.15, 0.2) is 0 Å². The van der Waals surface area contributed by atoms with Crippen molar-refractivity contribution in [2.45, 2.75) is 63.3 Å². The molecule has 7 heteroatoms. The fourth-order valence-electron chi connectivity index (χ4n) is 5.97. The van der Waals surface area contributed by atoms with Gasteiger partial charge in [-0.2, -0.15) is 11.8 Å². The highest BCUT2D eigenvalue weighted by Crippen LogP contribution is 2.53. The van der Waals surface area contributed by atoms with Gasteiger partial charge >= 0.3 is 5.97 Å². The molecule has 0 aliphatic heterocycles. The number of nitrogens with zero attached hydrogens (tertiary/aromatic N) is 1. The molecule has 1 aromatic heterocycles. The molecule has 5 aromatic rings. The van der Waals surface area contributed by atoms with E-state index < -0.39 is 11.6 Å². The van der Waals surface area contributed by atoms with Crippen molar-refractivity contribution in [1.29, 1.82) is 0 Å². The quantitative estimate of drug-likeness (QED) is 0.114. The van der Waals surface area contributed by atoms with Crippen LogP contribution in [0, 0.1) is 5.41 Å². The highest BCUT2D eigenvalue weighted by atomic mass is 35.5. The normalized spacial score (nSPS) is 14.3. The van der Waals surface area contributed by atoms with Crippen molar-refractivity contribution in [2.75, 3.05) is 5.75 Å². The Bertz CT molecular complexity index is 1880. The second-order valence-electron chi connectivity index (χ2n) is 13.4. The number of thioether (sulfide) groups is 1. The van der Waals surface area contributed by atoms with Gasteiger partial charge < -0.3 is 15.9 Å². The van der Waals surface area contributed by atoms with Crippen LogP contribution < -0.4 is 5.73 Å². The average Bonchev–Trinajstić information content (AvgIpc) is 3.86. The maximum atomic E-state index is 11.5. The van der Waals surface area contributed by atoms with E-state index in [0.717, 1.165) is 64.7 Å². The number of benzene rings is 4. The van der Waals surface area contributed by atoms with Crippen LogP contribution in [0.2, 0.25) is 5.02 Å². The molecule has 5 nitrogen and oxygen atoms in total. The van der Waals surface area contributed by atoms with Crippen molar-refractivity contribution in [3.8, 4) is 0 Å². The number of aliphatic carboxylic acids is 1. The van der Waals surface area contributed by atoms with Gasteiger partial charge in [0.2, 0.25) is 0 Å². The maximum absolute atomic E-state index is 11.5. The van der Waals surface area contributed by atoms with Gasteiger partial charge in [0.05, 0.1) is 23.2 Å². The topological polar surface area (TPSA) is 96.4 Å². The summed E-state index contributed by atoms with van der Waals surface area (Å²) in [7, 11) is 0. The molecule has 6 rings (SSSR count). The highest BCUT2D eigenvalue weighted by Gasteiger charge is 2.44. The molecule has 4 N–H and O–H groups in total. The number of hydrogen-bond donors (Lipinski definition) is 3. The Morgan fingerprint density at radius 2 is 1.69 bits per heavy atom. The van der Waals surface area contributed by atoms with E-state index >= 15 is 0 Å². The molecule has 254 valence electrons. The third-order valence-electron chi connectivity index (χ3n) is 8.91. The van der Waals surface area contributed by atoms with Crippen LogP contribution in [0.15, 0.2) is 109 Å². The summed E-state index contributed by atoms with van der Waals surface area (Å²) in [6, 6.07) is 36.5. The minimum Gasteiger partial charge on any atom is -0.481 e. The van der Waals surface area contributed by atoms with E-state index in [-0.39, 0.29) is 17.1 Å². The lowest BCUT2D eigenvalue weighted by Crippen LogP contribution is -2.18. The summed E-state index contributed by atoms with van der Waals surface area (Å²) in [5, 5.41) is 22.1. The molecule has 4 aromatic carbocycles. The molecule has 1 aliphatic rings. The van der Waals surface area contributed by atoms with Crippen molar-refractivity contribution >= 4 is 52.4 Å². The first-order valence-corrected chi connectivity index (χ1v) is 18.2. The molecular weight excluding hydrogens is 648 g/mol. The Morgan fingerprint density at radius 1 is 0.959 bits per heavy atom. The summed E-state index contributed by atoms with van der Waals surface area (Å²) in [6.45, 7) is 4.30. The molecule has 1 atom stereocenters. The van der Waals surface area contributed by atoms with Crippen molar-refractivity contribution < 1.29 is 15.0 Å². The molecule has 0 bridgehead atoms. The van der Waals surface area contributed by atoms with E-state index in [9.17, 15) is 15.0 Å². The Labute approximate surface area is 299 Å². The van der Waals surface area contributed by atoms with Crippen LogP contribution in [0.1, 0.15) is 78.3 Å². The molecule has 0 unspecified atom stereocenters. The summed E-state index contributed by atoms with van der Waals surface area (Å²) in [5.41, 5.74) is 11.7. The van der Waals surface area contributed by atoms with Crippen LogP contribution in [0.4, 0.5) is 0 Å². The fraction of sp³-hybridized carbons (Fsp3) is 0.286. The molecule has 1 fully saturated rings. The molecule has 0 spiro atoms. The van der Waals surface area contributed by atoms with Crippen molar-refractivity contribution in [3.63, 3.8) is 0 Å². The van der Waals surface area contributed by atoms with Crippen molar-refractivity contribution in [1.82, 2.24) is 4.98 Å². The standard InChI is InChI=1S/C35H36ClNO3S.C7H9N/c1-34(2,40)30-9-4-3-7-25(30)13-17-32(41-23-35(18-19-35)22-33(38)39)27-8-5-6-24(20-27)10-15-29-16-12-26-11-14-28(36)21-31(26)37-29;8-6-7-4-2-1-3-5-7/h3-12,14-16,20-21,32,40H,13,17-19,22-23H2,1-2H3,(H,38,39);1-5H,6,8H2/b15-10+;/t32-;/m1./s1. The van der Waals surface area contributed by atoms with Crippen LogP contribution in [0.25, 0.3) is 23.1 Å². The van der Waals surface area contributed by atoms with E-state index in [0.29, 0.717) is 11.6 Å². The minimum atomic E-state index is -0.911. The first-order chi connectivity index (χ1) is 23.5. The van der Waals surface area contributed by atoms with E-state index in [1.165, 1.54) is 11.1 Å². The summed E-state index contributed by atoms with van der Waals surface area (Å²) < 4.78 is 0. The first-order valence-electron chi connectivity index (χ1n) is 16.8. The first kappa shape index (κ1) is 36.3.